The predicted molar refractivity (Wildman–Crippen MR) is 87.8 cm³/mol. The minimum Gasteiger partial charge on any atom is -0.396 e. The second-order valence-corrected chi connectivity index (χ2v) is 8.23. The van der Waals surface area contributed by atoms with Gasteiger partial charge < -0.3 is 16.4 Å². The first-order valence-electron chi connectivity index (χ1n) is 6.74. The third-order valence-corrected chi connectivity index (χ3v) is 5.70. The maximum absolute atomic E-state index is 12.0. The third-order valence-electron chi connectivity index (χ3n) is 3.26. The lowest BCUT2D eigenvalue weighted by molar-refractivity contribution is 0.0968. The number of amides is 1. The quantitative estimate of drug-likeness (QED) is 0.738. The second-order valence-electron chi connectivity index (χ2n) is 5.26. The van der Waals surface area contributed by atoms with Gasteiger partial charge in [-0.15, -0.1) is 11.3 Å². The van der Waals surface area contributed by atoms with Crippen molar-refractivity contribution in [3.8, 4) is 0 Å². The Morgan fingerprint density at radius 1 is 1.38 bits per heavy atom. The van der Waals surface area contributed by atoms with Gasteiger partial charge >= 0.3 is 0 Å². The van der Waals surface area contributed by atoms with Gasteiger partial charge in [0.05, 0.1) is 5.69 Å². The van der Waals surface area contributed by atoms with Crippen LogP contribution in [0.15, 0.2) is 4.90 Å². The average Bonchev–Trinajstić information content (AvgIpc) is 2.71. The highest BCUT2D eigenvalue weighted by molar-refractivity contribution is 7.91. The van der Waals surface area contributed by atoms with Crippen molar-refractivity contribution in [3.05, 3.63) is 4.88 Å². The van der Waals surface area contributed by atoms with Crippen molar-refractivity contribution in [2.75, 3.05) is 24.4 Å². The summed E-state index contributed by atoms with van der Waals surface area (Å²) >= 11 is 1.08. The van der Waals surface area contributed by atoms with Crippen LogP contribution in [0.25, 0.3) is 0 Å². The minimum absolute atomic E-state index is 0.0166. The maximum atomic E-state index is 12.0. The summed E-state index contributed by atoms with van der Waals surface area (Å²) in [6.45, 7) is 6.13. The Hall–Kier alpha value is -1.28. The average molecular weight is 333 g/mol. The summed E-state index contributed by atoms with van der Waals surface area (Å²) < 4.78 is 24.0. The molecule has 8 heteroatoms. The van der Waals surface area contributed by atoms with Crippen LogP contribution in [0.2, 0.25) is 0 Å². The first-order chi connectivity index (χ1) is 9.63. The molecule has 1 amide bonds. The van der Waals surface area contributed by atoms with Crippen LogP contribution in [0.4, 0.5) is 10.7 Å². The van der Waals surface area contributed by atoms with Crippen molar-refractivity contribution < 1.29 is 13.2 Å². The summed E-state index contributed by atoms with van der Waals surface area (Å²) in [5, 5.41) is 6.13. The molecule has 0 aromatic carbocycles. The molecular formula is C13H23N3O3S2. The highest BCUT2D eigenvalue weighted by atomic mass is 32.2. The molecule has 4 N–H and O–H groups in total. The molecule has 1 atom stereocenters. The molecule has 1 heterocycles. The van der Waals surface area contributed by atoms with Crippen LogP contribution in [-0.4, -0.2) is 33.7 Å². The van der Waals surface area contributed by atoms with E-state index in [1.807, 2.05) is 6.92 Å². The monoisotopic (exact) mass is 333 g/mol. The lowest BCUT2D eigenvalue weighted by atomic mass is 10.0. The van der Waals surface area contributed by atoms with E-state index in [2.05, 4.69) is 24.5 Å². The Bertz CT molecular complexity index is 621. The highest BCUT2D eigenvalue weighted by Crippen LogP contribution is 2.40. The standard InChI is InChI=1S/C13H23N3O3S2/c1-6-8(7(2)3)16-13-11(21(5,18)19)9(14)10(20-13)12(17)15-4/h7-8,16H,6,14H2,1-5H3,(H,15,17). The molecule has 0 spiro atoms. The fourth-order valence-electron chi connectivity index (χ4n) is 2.08. The Morgan fingerprint density at radius 2 is 1.95 bits per heavy atom. The van der Waals surface area contributed by atoms with Gasteiger partial charge in [-0.3, -0.25) is 4.79 Å². The van der Waals surface area contributed by atoms with Crippen molar-refractivity contribution in [1.82, 2.24) is 5.32 Å². The van der Waals surface area contributed by atoms with Gasteiger partial charge in [-0.05, 0) is 12.3 Å². The third kappa shape index (κ3) is 3.88. The van der Waals surface area contributed by atoms with Gasteiger partial charge in [-0.25, -0.2) is 8.42 Å². The van der Waals surface area contributed by atoms with E-state index in [1.54, 1.807) is 0 Å². The van der Waals surface area contributed by atoms with Gasteiger partial charge in [0.15, 0.2) is 9.84 Å². The van der Waals surface area contributed by atoms with E-state index in [4.69, 9.17) is 5.73 Å². The second kappa shape index (κ2) is 6.65. The molecule has 6 nitrogen and oxygen atoms in total. The number of sulfone groups is 1. The number of carbonyl (C=O) groups excluding carboxylic acids is 1. The summed E-state index contributed by atoms with van der Waals surface area (Å²) in [4.78, 5) is 12.1. The van der Waals surface area contributed by atoms with Crippen molar-refractivity contribution in [2.45, 2.75) is 38.1 Å². The Morgan fingerprint density at radius 3 is 2.33 bits per heavy atom. The van der Waals surface area contributed by atoms with E-state index in [0.29, 0.717) is 10.9 Å². The Kier molecular flexibility index (Phi) is 5.63. The van der Waals surface area contributed by atoms with Gasteiger partial charge in [0, 0.05) is 19.3 Å². The van der Waals surface area contributed by atoms with Crippen LogP contribution in [0.1, 0.15) is 36.9 Å². The Balaban J connectivity index is 3.40. The molecule has 0 aliphatic carbocycles. The van der Waals surface area contributed by atoms with Crippen molar-refractivity contribution in [2.24, 2.45) is 5.92 Å². The zero-order valence-corrected chi connectivity index (χ0v) is 14.6. The SMILES string of the molecule is CCC(Nc1sc(C(=O)NC)c(N)c1S(C)(=O)=O)C(C)C. The minimum atomic E-state index is -3.52. The number of carbonyl (C=O) groups is 1. The maximum Gasteiger partial charge on any atom is 0.263 e. The first kappa shape index (κ1) is 17.8. The molecular weight excluding hydrogens is 310 g/mol. The topological polar surface area (TPSA) is 101 Å². The number of nitrogen functional groups attached to an aromatic ring is 1. The number of nitrogens with one attached hydrogen (secondary N) is 2. The molecule has 0 saturated carbocycles. The van der Waals surface area contributed by atoms with Crippen molar-refractivity contribution in [3.63, 3.8) is 0 Å². The number of anilines is 2. The first-order valence-corrected chi connectivity index (χ1v) is 9.45. The Labute approximate surface area is 130 Å². The zero-order chi connectivity index (χ0) is 16.4. The number of rotatable bonds is 6. The van der Waals surface area contributed by atoms with Gasteiger partial charge in [0.2, 0.25) is 0 Å². The molecule has 0 radical (unpaired) electrons. The molecule has 120 valence electrons. The fourth-order valence-corrected chi connectivity index (χ4v) is 4.65. The molecule has 0 aliphatic rings. The number of thiophene rings is 1. The van der Waals surface area contributed by atoms with Crippen LogP contribution in [-0.2, 0) is 9.84 Å². The summed E-state index contributed by atoms with van der Waals surface area (Å²) in [5.74, 6) is -0.0535. The summed E-state index contributed by atoms with van der Waals surface area (Å²) in [7, 11) is -2.04. The molecule has 0 saturated heterocycles. The smallest absolute Gasteiger partial charge is 0.263 e. The van der Waals surface area contributed by atoms with Crippen molar-refractivity contribution in [1.29, 1.82) is 0 Å². The van der Waals surface area contributed by atoms with Crippen LogP contribution < -0.4 is 16.4 Å². The van der Waals surface area contributed by atoms with E-state index in [9.17, 15) is 13.2 Å². The molecule has 1 aromatic rings. The fraction of sp³-hybridized carbons (Fsp3) is 0.615. The molecule has 0 fully saturated rings. The molecule has 0 aliphatic heterocycles. The molecule has 1 unspecified atom stereocenters. The van der Waals surface area contributed by atoms with Gasteiger partial charge in [0.1, 0.15) is 14.8 Å². The van der Waals surface area contributed by atoms with Gasteiger partial charge in [-0.2, -0.15) is 0 Å². The van der Waals surface area contributed by atoms with E-state index in [-0.39, 0.29) is 27.4 Å². The van der Waals surface area contributed by atoms with E-state index in [1.165, 1.54) is 7.05 Å². The van der Waals surface area contributed by atoms with Crippen LogP contribution in [0.3, 0.4) is 0 Å². The number of nitrogens with two attached hydrogens (primary N) is 1. The summed E-state index contributed by atoms with van der Waals surface area (Å²) in [6, 6.07) is 0.112. The molecule has 21 heavy (non-hydrogen) atoms. The number of hydrogen-bond acceptors (Lipinski definition) is 6. The predicted octanol–water partition coefficient (Wildman–Crippen LogP) is 1.94. The summed E-state index contributed by atoms with van der Waals surface area (Å²) in [6.07, 6.45) is 1.94. The van der Waals surface area contributed by atoms with Crippen molar-refractivity contribution >= 4 is 37.8 Å². The van der Waals surface area contributed by atoms with E-state index < -0.39 is 9.84 Å². The van der Waals surface area contributed by atoms with Gasteiger partial charge in [0.25, 0.3) is 5.91 Å². The molecule has 1 aromatic heterocycles. The van der Waals surface area contributed by atoms with Crippen LogP contribution >= 0.6 is 11.3 Å². The largest absolute Gasteiger partial charge is 0.396 e. The molecule has 1 rings (SSSR count). The highest BCUT2D eigenvalue weighted by Gasteiger charge is 2.28. The zero-order valence-electron chi connectivity index (χ0n) is 13.0. The van der Waals surface area contributed by atoms with E-state index >= 15 is 0 Å². The lowest BCUT2D eigenvalue weighted by Crippen LogP contribution is -2.24. The summed E-state index contributed by atoms with van der Waals surface area (Å²) in [5.41, 5.74) is 5.91. The molecule has 0 bridgehead atoms. The van der Waals surface area contributed by atoms with Crippen LogP contribution in [0, 0.1) is 5.92 Å². The lowest BCUT2D eigenvalue weighted by Gasteiger charge is -2.21. The number of hydrogen-bond donors (Lipinski definition) is 3. The van der Waals surface area contributed by atoms with Crippen LogP contribution in [0.5, 0.6) is 0 Å². The van der Waals surface area contributed by atoms with E-state index in [0.717, 1.165) is 24.0 Å². The van der Waals surface area contributed by atoms with Gasteiger partial charge in [-0.1, -0.05) is 20.8 Å². The normalized spacial score (nSPS) is 13.2.